The highest BCUT2D eigenvalue weighted by atomic mass is 16.7. The van der Waals surface area contributed by atoms with Crippen molar-refractivity contribution in [1.82, 2.24) is 0 Å². The molecule has 1 aromatic carbocycles. The van der Waals surface area contributed by atoms with Crippen LogP contribution < -0.4 is 10.2 Å². The van der Waals surface area contributed by atoms with Gasteiger partial charge in [-0.25, -0.2) is 0 Å². The highest BCUT2D eigenvalue weighted by Gasteiger charge is 2.51. The fourth-order valence-corrected chi connectivity index (χ4v) is 1.73. The molecule has 0 saturated carbocycles. The normalized spacial score (nSPS) is 26.7. The maximum Gasteiger partial charge on any atom is 0.494 e. The van der Waals surface area contributed by atoms with Crippen LogP contribution in [0, 0.1) is 0 Å². The molecule has 0 N–H and O–H groups in total. The molecule has 0 aromatic heterocycles. The molecule has 18 heavy (non-hydrogen) atoms. The second-order valence-electron chi connectivity index (χ2n) is 5.36. The topological polar surface area (TPSA) is 27.7 Å². The molecule has 0 radical (unpaired) electrons. The second-order valence-corrected chi connectivity index (χ2v) is 5.36. The Morgan fingerprint density at radius 3 is 2.22 bits per heavy atom. The second kappa shape index (κ2) is 4.59. The Morgan fingerprint density at radius 1 is 1.17 bits per heavy atom. The number of benzene rings is 1. The lowest BCUT2D eigenvalue weighted by atomic mass is 9.79. The molecule has 1 fully saturated rings. The van der Waals surface area contributed by atoms with E-state index < -0.39 is 31.7 Å². The third-order valence-electron chi connectivity index (χ3n) is 3.57. The summed E-state index contributed by atoms with van der Waals surface area (Å²) in [4.78, 5) is 0. The zero-order valence-electron chi connectivity index (χ0n) is 16.1. The van der Waals surface area contributed by atoms with Gasteiger partial charge in [0.2, 0.25) is 0 Å². The molecule has 4 heteroatoms. The van der Waals surface area contributed by atoms with E-state index in [0.29, 0.717) is 0 Å². The Morgan fingerprint density at radius 2 is 1.72 bits per heavy atom. The average Bonchev–Trinajstić information content (AvgIpc) is 2.57. The summed E-state index contributed by atoms with van der Waals surface area (Å²) in [6, 6.07) is 6.36. The molecule has 0 bridgehead atoms. The summed E-state index contributed by atoms with van der Waals surface area (Å²) in [5.41, 5.74) is -0.150. The molecular formula is C14H21BO3. The molecule has 1 heterocycles. The monoisotopic (exact) mass is 253 g/mol. The molecule has 98 valence electrons. The van der Waals surface area contributed by atoms with Crippen LogP contribution in [-0.4, -0.2) is 24.9 Å². The summed E-state index contributed by atoms with van der Waals surface area (Å²) < 4.78 is 53.2. The quantitative estimate of drug-likeness (QED) is 0.774. The van der Waals surface area contributed by atoms with E-state index in [2.05, 4.69) is 0 Å². The number of rotatable bonds is 3. The first-order valence-electron chi connectivity index (χ1n) is 8.40. The lowest BCUT2D eigenvalue weighted by Gasteiger charge is -2.32. The van der Waals surface area contributed by atoms with Gasteiger partial charge in [0.1, 0.15) is 5.75 Å². The number of ether oxygens (including phenoxy) is 1. The van der Waals surface area contributed by atoms with Crippen molar-refractivity contribution < 1.29 is 20.9 Å². The van der Waals surface area contributed by atoms with Gasteiger partial charge in [-0.2, -0.15) is 0 Å². The highest BCUT2D eigenvalue weighted by molar-refractivity contribution is 6.62. The van der Waals surface area contributed by atoms with E-state index in [1.165, 1.54) is 12.1 Å². The van der Waals surface area contributed by atoms with Crippen molar-refractivity contribution in [3.8, 4) is 5.75 Å². The van der Waals surface area contributed by atoms with E-state index in [-0.39, 0.29) is 5.75 Å². The third kappa shape index (κ3) is 2.40. The van der Waals surface area contributed by atoms with E-state index in [4.69, 9.17) is 20.9 Å². The molecule has 2 rings (SSSR count). The summed E-state index contributed by atoms with van der Waals surface area (Å²) in [5, 5.41) is 0. The summed E-state index contributed by atoms with van der Waals surface area (Å²) in [6.45, 7) is 2.20. The lowest BCUT2D eigenvalue weighted by Crippen LogP contribution is -2.41. The fourth-order valence-electron chi connectivity index (χ4n) is 1.73. The SMILES string of the molecule is [2H]C([2H])([2H])C([2H])([2H])Oc1ccc(B2OC(C)(C)C(C)(C)O2)cc1. The Kier molecular flexibility index (Phi) is 2.10. The summed E-state index contributed by atoms with van der Waals surface area (Å²) in [6.07, 6.45) is 0. The molecule has 1 saturated heterocycles. The molecule has 1 aliphatic heterocycles. The van der Waals surface area contributed by atoms with Crippen LogP contribution in [0.15, 0.2) is 24.3 Å². The minimum Gasteiger partial charge on any atom is -0.494 e. The van der Waals surface area contributed by atoms with Crippen LogP contribution in [0.1, 0.15) is 41.4 Å². The van der Waals surface area contributed by atoms with E-state index in [1.54, 1.807) is 12.1 Å². The Balaban J connectivity index is 2.13. The van der Waals surface area contributed by atoms with Gasteiger partial charge in [0.25, 0.3) is 0 Å². The first-order chi connectivity index (χ1) is 10.3. The molecule has 3 nitrogen and oxygen atoms in total. The zero-order valence-corrected chi connectivity index (χ0v) is 11.1. The third-order valence-corrected chi connectivity index (χ3v) is 3.57. The average molecular weight is 253 g/mol. The molecule has 0 spiro atoms. The lowest BCUT2D eigenvalue weighted by molar-refractivity contribution is 0.00578. The Labute approximate surface area is 117 Å². The van der Waals surface area contributed by atoms with Crippen LogP contribution in [0.4, 0.5) is 0 Å². The Hall–Kier alpha value is -0.995. The smallest absolute Gasteiger partial charge is 0.494 e. The minimum atomic E-state index is -2.86. The van der Waals surface area contributed by atoms with Crippen LogP contribution >= 0.6 is 0 Å². The molecule has 1 aliphatic rings. The summed E-state index contributed by atoms with van der Waals surface area (Å²) in [7, 11) is -0.534. The predicted molar refractivity (Wildman–Crippen MR) is 73.3 cm³/mol. The van der Waals surface area contributed by atoms with Crippen molar-refractivity contribution in [1.29, 1.82) is 0 Å². The first-order valence-corrected chi connectivity index (χ1v) is 5.90. The van der Waals surface area contributed by atoms with Gasteiger partial charge in [0.15, 0.2) is 0 Å². The maximum absolute atomic E-state index is 7.47. The minimum absolute atomic E-state index is 0.131. The van der Waals surface area contributed by atoms with Gasteiger partial charge in [0.05, 0.1) is 20.5 Å². The van der Waals surface area contributed by atoms with Gasteiger partial charge in [-0.1, -0.05) is 12.1 Å². The van der Waals surface area contributed by atoms with Gasteiger partial charge in [-0.15, -0.1) is 0 Å². The van der Waals surface area contributed by atoms with Gasteiger partial charge >= 0.3 is 7.12 Å². The maximum atomic E-state index is 7.47. The molecule has 0 amide bonds. The van der Waals surface area contributed by atoms with Crippen molar-refractivity contribution in [2.24, 2.45) is 0 Å². The van der Waals surface area contributed by atoms with Crippen molar-refractivity contribution in [2.45, 2.75) is 45.7 Å². The molecule has 1 aromatic rings. The van der Waals surface area contributed by atoms with Crippen LogP contribution in [-0.2, 0) is 9.31 Å². The van der Waals surface area contributed by atoms with Crippen LogP contribution in [0.25, 0.3) is 0 Å². The Bertz CT molecular complexity index is 553. The zero-order chi connectivity index (χ0) is 17.7. The van der Waals surface area contributed by atoms with E-state index in [0.717, 1.165) is 5.46 Å². The van der Waals surface area contributed by atoms with Crippen LogP contribution in [0.2, 0.25) is 0 Å². The van der Waals surface area contributed by atoms with Gasteiger partial charge < -0.3 is 14.0 Å². The summed E-state index contributed by atoms with van der Waals surface area (Å²) in [5.74, 6) is 0.131. The van der Waals surface area contributed by atoms with Crippen molar-refractivity contribution in [2.75, 3.05) is 6.56 Å². The van der Waals surface area contributed by atoms with Crippen molar-refractivity contribution in [3.05, 3.63) is 24.3 Å². The number of hydrogen-bond acceptors (Lipinski definition) is 3. The highest BCUT2D eigenvalue weighted by Crippen LogP contribution is 2.36. The predicted octanol–water partition coefficient (Wildman–Crippen LogP) is 2.38. The summed E-state index contributed by atoms with van der Waals surface area (Å²) >= 11 is 0. The van der Waals surface area contributed by atoms with Gasteiger partial charge in [-0.3, -0.25) is 0 Å². The number of hydrogen-bond donors (Lipinski definition) is 0. The van der Waals surface area contributed by atoms with Crippen LogP contribution in [0.3, 0.4) is 0 Å². The van der Waals surface area contributed by atoms with E-state index >= 15 is 0 Å². The molecule has 0 unspecified atom stereocenters. The molecular weight excluding hydrogens is 227 g/mol. The molecule has 0 atom stereocenters. The van der Waals surface area contributed by atoms with Gasteiger partial charge in [0, 0.05) is 4.11 Å². The van der Waals surface area contributed by atoms with E-state index in [9.17, 15) is 0 Å². The standard InChI is InChI=1S/C14H21BO3/c1-6-16-12-9-7-11(8-10-12)15-17-13(2,3)14(4,5)18-15/h7-10H,6H2,1-5H3/i1D3,6D2. The first kappa shape index (κ1) is 8.23. The largest absolute Gasteiger partial charge is 0.494 e. The van der Waals surface area contributed by atoms with Gasteiger partial charge in [-0.05, 0) is 52.1 Å². The van der Waals surface area contributed by atoms with E-state index in [1.807, 2.05) is 27.7 Å². The molecule has 0 aliphatic carbocycles. The fraction of sp³-hybridized carbons (Fsp3) is 0.571. The van der Waals surface area contributed by atoms with Crippen molar-refractivity contribution in [3.63, 3.8) is 0 Å². The van der Waals surface area contributed by atoms with Crippen LogP contribution in [0.5, 0.6) is 5.75 Å². The van der Waals surface area contributed by atoms with Crippen molar-refractivity contribution >= 4 is 12.6 Å².